The van der Waals surface area contributed by atoms with Crippen molar-refractivity contribution in [1.29, 1.82) is 0 Å². The van der Waals surface area contributed by atoms with Crippen LogP contribution in [0.3, 0.4) is 0 Å². The molecule has 1 fully saturated rings. The molecule has 0 spiro atoms. The Morgan fingerprint density at radius 1 is 1.44 bits per heavy atom. The molecule has 18 heavy (non-hydrogen) atoms. The van der Waals surface area contributed by atoms with E-state index in [9.17, 15) is 10.2 Å². The molecule has 102 valence electrons. The van der Waals surface area contributed by atoms with E-state index < -0.39 is 12.2 Å². The molecule has 1 aliphatic rings. The predicted octanol–water partition coefficient (Wildman–Crippen LogP) is -1.59. The molecule has 0 unspecified atom stereocenters. The Morgan fingerprint density at radius 2 is 2.17 bits per heavy atom. The maximum absolute atomic E-state index is 9.84. The molecule has 7 nitrogen and oxygen atoms in total. The third kappa shape index (κ3) is 2.86. The SMILES string of the molecule is CN(C)Cc1cn(C[C@H]2C[C@@H](N)[C@H](O)[C@@H]2O)nn1. The summed E-state index contributed by atoms with van der Waals surface area (Å²) in [5.74, 6) is -0.0658. The number of aliphatic hydroxyl groups is 2. The lowest BCUT2D eigenvalue weighted by atomic mass is 10.1. The first-order chi connectivity index (χ1) is 8.47. The maximum atomic E-state index is 9.84. The van der Waals surface area contributed by atoms with E-state index in [4.69, 9.17) is 5.73 Å². The average Bonchev–Trinajstić information content (AvgIpc) is 2.80. The summed E-state index contributed by atoms with van der Waals surface area (Å²) in [6, 6.07) is -0.352. The largest absolute Gasteiger partial charge is 0.390 e. The molecule has 0 amide bonds. The Hall–Kier alpha value is -1.02. The zero-order valence-electron chi connectivity index (χ0n) is 10.8. The number of hydrogen-bond donors (Lipinski definition) is 3. The summed E-state index contributed by atoms with van der Waals surface area (Å²) in [4.78, 5) is 2.01. The topological polar surface area (TPSA) is 100 Å². The lowest BCUT2D eigenvalue weighted by molar-refractivity contribution is 0.0113. The van der Waals surface area contributed by atoms with E-state index in [1.165, 1.54) is 0 Å². The second-order valence-corrected chi connectivity index (χ2v) is 5.31. The molecule has 0 aliphatic heterocycles. The molecule has 1 heterocycles. The molecular weight excluding hydrogens is 234 g/mol. The quantitative estimate of drug-likeness (QED) is 0.599. The average molecular weight is 255 g/mol. The minimum Gasteiger partial charge on any atom is -0.390 e. The number of rotatable bonds is 4. The van der Waals surface area contributed by atoms with Crippen molar-refractivity contribution < 1.29 is 10.2 Å². The van der Waals surface area contributed by atoms with Gasteiger partial charge >= 0.3 is 0 Å². The summed E-state index contributed by atoms with van der Waals surface area (Å²) < 4.78 is 1.71. The van der Waals surface area contributed by atoms with Crippen LogP contribution < -0.4 is 5.73 Å². The Labute approximate surface area is 106 Å². The molecule has 1 aromatic rings. The van der Waals surface area contributed by atoms with E-state index in [2.05, 4.69) is 10.3 Å². The van der Waals surface area contributed by atoms with Gasteiger partial charge in [0.05, 0.1) is 17.9 Å². The molecule has 1 aliphatic carbocycles. The van der Waals surface area contributed by atoms with Crippen molar-refractivity contribution in [3.05, 3.63) is 11.9 Å². The Balaban J connectivity index is 1.96. The van der Waals surface area contributed by atoms with Crippen LogP contribution in [0.15, 0.2) is 6.20 Å². The monoisotopic (exact) mass is 255 g/mol. The highest BCUT2D eigenvalue weighted by atomic mass is 16.3. The summed E-state index contributed by atoms with van der Waals surface area (Å²) in [6.45, 7) is 1.27. The molecule has 0 aromatic carbocycles. The van der Waals surface area contributed by atoms with Gasteiger partial charge in [-0.25, -0.2) is 0 Å². The van der Waals surface area contributed by atoms with E-state index in [0.717, 1.165) is 12.2 Å². The second-order valence-electron chi connectivity index (χ2n) is 5.31. The van der Waals surface area contributed by atoms with Gasteiger partial charge in [-0.15, -0.1) is 5.10 Å². The highest BCUT2D eigenvalue weighted by Gasteiger charge is 2.39. The van der Waals surface area contributed by atoms with Gasteiger partial charge in [-0.05, 0) is 20.5 Å². The highest BCUT2D eigenvalue weighted by molar-refractivity contribution is 4.96. The molecule has 1 aromatic heterocycles. The molecule has 2 rings (SSSR count). The van der Waals surface area contributed by atoms with Crippen LogP contribution in [-0.4, -0.2) is 62.5 Å². The van der Waals surface area contributed by atoms with Crippen LogP contribution in [0.5, 0.6) is 0 Å². The molecular formula is C11H21N5O2. The lowest BCUT2D eigenvalue weighted by Gasteiger charge is -2.15. The van der Waals surface area contributed by atoms with Gasteiger partial charge < -0.3 is 20.8 Å². The van der Waals surface area contributed by atoms with Crippen LogP contribution in [0.25, 0.3) is 0 Å². The minimum absolute atomic E-state index is 0.0658. The normalized spacial score (nSPS) is 32.3. The van der Waals surface area contributed by atoms with Crippen LogP contribution in [-0.2, 0) is 13.1 Å². The van der Waals surface area contributed by atoms with Gasteiger partial charge in [-0.2, -0.15) is 0 Å². The van der Waals surface area contributed by atoms with Gasteiger partial charge in [-0.1, -0.05) is 5.21 Å². The molecule has 0 saturated heterocycles. The smallest absolute Gasteiger partial charge is 0.0966 e. The van der Waals surface area contributed by atoms with Crippen LogP contribution in [0.1, 0.15) is 12.1 Å². The third-order valence-electron chi connectivity index (χ3n) is 3.33. The van der Waals surface area contributed by atoms with Crippen molar-refractivity contribution in [2.45, 2.75) is 37.8 Å². The third-order valence-corrected chi connectivity index (χ3v) is 3.33. The standard InChI is InChI=1S/C11H21N5O2/c1-15(2)5-8-6-16(14-13-8)4-7-3-9(12)11(18)10(7)17/h6-7,9-11,17-18H,3-5,12H2,1-2H3/t7-,9-,10-,11+/m1/s1. The number of aromatic nitrogens is 3. The first-order valence-electron chi connectivity index (χ1n) is 6.13. The predicted molar refractivity (Wildman–Crippen MR) is 65.5 cm³/mol. The fraction of sp³-hybridized carbons (Fsp3) is 0.818. The molecule has 4 atom stereocenters. The molecule has 0 radical (unpaired) electrons. The van der Waals surface area contributed by atoms with E-state index in [-0.39, 0.29) is 12.0 Å². The van der Waals surface area contributed by atoms with Crippen LogP contribution in [0, 0.1) is 5.92 Å². The summed E-state index contributed by atoms with van der Waals surface area (Å²) in [6.07, 6.45) is 0.856. The van der Waals surface area contributed by atoms with Crippen molar-refractivity contribution in [2.24, 2.45) is 11.7 Å². The Morgan fingerprint density at radius 3 is 2.72 bits per heavy atom. The van der Waals surface area contributed by atoms with Gasteiger partial charge in [-0.3, -0.25) is 4.68 Å². The summed E-state index contributed by atoms with van der Waals surface area (Å²) in [5.41, 5.74) is 6.61. The Bertz CT molecular complexity index is 395. The van der Waals surface area contributed by atoms with Crippen LogP contribution >= 0.6 is 0 Å². The zero-order chi connectivity index (χ0) is 13.3. The van der Waals surface area contributed by atoms with Gasteiger partial charge in [0.15, 0.2) is 0 Å². The summed E-state index contributed by atoms with van der Waals surface area (Å²) in [7, 11) is 3.93. The van der Waals surface area contributed by atoms with Crippen molar-refractivity contribution >= 4 is 0 Å². The van der Waals surface area contributed by atoms with E-state index in [1.54, 1.807) is 4.68 Å². The highest BCUT2D eigenvalue weighted by Crippen LogP contribution is 2.26. The van der Waals surface area contributed by atoms with Crippen LogP contribution in [0.4, 0.5) is 0 Å². The van der Waals surface area contributed by atoms with Gasteiger partial charge in [0.25, 0.3) is 0 Å². The Kier molecular flexibility index (Phi) is 3.96. The first kappa shape index (κ1) is 13.4. The maximum Gasteiger partial charge on any atom is 0.0966 e. The number of nitrogens with zero attached hydrogens (tertiary/aromatic N) is 4. The summed E-state index contributed by atoms with van der Waals surface area (Å²) >= 11 is 0. The van der Waals surface area contributed by atoms with Gasteiger partial charge in [0.1, 0.15) is 0 Å². The zero-order valence-corrected chi connectivity index (χ0v) is 10.8. The van der Waals surface area contributed by atoms with E-state index >= 15 is 0 Å². The molecule has 4 N–H and O–H groups in total. The second kappa shape index (κ2) is 5.31. The molecule has 1 saturated carbocycles. The summed E-state index contributed by atoms with van der Waals surface area (Å²) in [5, 5.41) is 27.5. The molecule has 7 heteroatoms. The minimum atomic E-state index is -0.834. The van der Waals surface area contributed by atoms with Crippen molar-refractivity contribution in [3.63, 3.8) is 0 Å². The van der Waals surface area contributed by atoms with Crippen molar-refractivity contribution in [1.82, 2.24) is 19.9 Å². The van der Waals surface area contributed by atoms with E-state index in [1.807, 2.05) is 25.2 Å². The first-order valence-corrected chi connectivity index (χ1v) is 6.13. The number of hydrogen-bond acceptors (Lipinski definition) is 6. The fourth-order valence-electron chi connectivity index (χ4n) is 2.41. The van der Waals surface area contributed by atoms with Gasteiger partial charge in [0.2, 0.25) is 0 Å². The number of nitrogens with two attached hydrogens (primary N) is 1. The lowest BCUT2D eigenvalue weighted by Crippen LogP contribution is -2.36. The van der Waals surface area contributed by atoms with Crippen molar-refractivity contribution in [3.8, 4) is 0 Å². The van der Waals surface area contributed by atoms with E-state index in [0.29, 0.717) is 13.0 Å². The van der Waals surface area contributed by atoms with Crippen LogP contribution in [0.2, 0.25) is 0 Å². The number of aliphatic hydroxyl groups excluding tert-OH is 2. The fourth-order valence-corrected chi connectivity index (χ4v) is 2.41. The molecule has 0 bridgehead atoms. The van der Waals surface area contributed by atoms with Crippen molar-refractivity contribution in [2.75, 3.05) is 14.1 Å². The van der Waals surface area contributed by atoms with Gasteiger partial charge in [0, 0.05) is 31.2 Å².